The Morgan fingerprint density at radius 1 is 0.763 bits per heavy atom. The average Bonchev–Trinajstić information content (AvgIpc) is 3.65. The minimum atomic E-state index is 0. The minimum absolute atomic E-state index is 0. The van der Waals surface area contributed by atoms with Gasteiger partial charge in [-0.15, -0.1) is 46.2 Å². The van der Waals surface area contributed by atoms with Gasteiger partial charge in [0.1, 0.15) is 0 Å². The van der Waals surface area contributed by atoms with Crippen LogP contribution in [0.5, 0.6) is 0 Å². The fourth-order valence-electron chi connectivity index (χ4n) is 6.03. The van der Waals surface area contributed by atoms with Crippen molar-refractivity contribution in [3.05, 3.63) is 77.9 Å². The van der Waals surface area contributed by atoms with Crippen molar-refractivity contribution in [3.63, 3.8) is 0 Å². The molecule has 0 aliphatic heterocycles. The van der Waals surface area contributed by atoms with E-state index in [1.165, 1.54) is 98.6 Å². The first-order chi connectivity index (χ1) is 17.7. The summed E-state index contributed by atoms with van der Waals surface area (Å²) in [5.41, 5.74) is 3.16. The van der Waals surface area contributed by atoms with Crippen molar-refractivity contribution < 1.29 is 44.8 Å². The predicted molar refractivity (Wildman–Crippen MR) is 156 cm³/mol. The van der Waals surface area contributed by atoms with Crippen LogP contribution in [-0.4, -0.2) is 3.81 Å². The number of benzene rings is 2. The van der Waals surface area contributed by atoms with Gasteiger partial charge in [0.25, 0.3) is 0 Å². The first kappa shape index (κ1) is 33.2. The molecule has 0 saturated heterocycles. The number of fused-ring (bicyclic) bond motifs is 3. The Hall–Kier alpha value is -1.05. The van der Waals surface area contributed by atoms with Crippen molar-refractivity contribution >= 4 is 25.4 Å². The molecule has 3 aliphatic rings. The smallest absolute Gasteiger partial charge is 0.0232 e. The maximum absolute atomic E-state index is 2.99. The molecule has 0 atom stereocenters. The second-order valence-electron chi connectivity index (χ2n) is 10.8. The molecule has 6 rings (SSSR count). The van der Waals surface area contributed by atoms with Crippen LogP contribution in [0.4, 0.5) is 0 Å². The van der Waals surface area contributed by atoms with E-state index in [0.29, 0.717) is 0 Å². The van der Waals surface area contributed by atoms with Gasteiger partial charge in [0.05, 0.1) is 0 Å². The molecule has 0 bridgehead atoms. The number of halogens is 2. The van der Waals surface area contributed by atoms with Gasteiger partial charge < -0.3 is 24.8 Å². The first-order valence-corrected chi connectivity index (χ1v) is 15.4. The van der Waals surface area contributed by atoms with Gasteiger partial charge in [-0.05, 0) is 37.5 Å². The normalized spacial score (nSPS) is 17.2. The summed E-state index contributed by atoms with van der Waals surface area (Å²) in [6, 6.07) is 17.0. The molecule has 0 aromatic heterocycles. The van der Waals surface area contributed by atoms with Crippen molar-refractivity contribution in [2.75, 3.05) is 0 Å². The standard InChI is InChI=1S/C25H29.C5H5.C5H10.2ClH.Ti/c1-3-7-18(8-4-1)20-11-13-24-22(15-20)17-23-16-21(12-14-25(23)24)19-9-5-2-6-10-19;1-2-4-5-3-1;1-3-5-4-2;;;/h11-19H,1-10H2;1-3H,4H2;3-4H2,1-2H3;2*1H;/q2*-1;;;;+2/p-2. The molecule has 0 unspecified atom stereocenters. The Bertz CT molecular complexity index is 1090. The Balaban J connectivity index is 0.000000330. The van der Waals surface area contributed by atoms with Gasteiger partial charge in [0.2, 0.25) is 0 Å². The molecule has 204 valence electrons. The van der Waals surface area contributed by atoms with Crippen molar-refractivity contribution in [2.24, 2.45) is 0 Å². The molecule has 3 heteroatoms. The fourth-order valence-corrected chi connectivity index (χ4v) is 6.03. The van der Waals surface area contributed by atoms with Gasteiger partial charge in [0, 0.05) is 0 Å². The zero-order chi connectivity index (χ0) is 25.2. The van der Waals surface area contributed by atoms with Crippen molar-refractivity contribution in [3.8, 4) is 0 Å². The third-order valence-electron chi connectivity index (χ3n) is 8.34. The maximum Gasteiger partial charge on any atom is -0.0232 e. The van der Waals surface area contributed by atoms with E-state index in [2.05, 4.69) is 88.4 Å². The van der Waals surface area contributed by atoms with Crippen LogP contribution < -0.4 is 24.8 Å². The summed E-state index contributed by atoms with van der Waals surface area (Å²) in [5.74, 6) is 1.60. The second kappa shape index (κ2) is 17.6. The Labute approximate surface area is 255 Å². The van der Waals surface area contributed by atoms with Crippen LogP contribution in [-0.2, 0) is 20.0 Å². The largest absolute Gasteiger partial charge is 1.00 e. The summed E-state index contributed by atoms with van der Waals surface area (Å²) in [6.07, 6.45) is 26.6. The van der Waals surface area contributed by atoms with E-state index in [1.807, 2.05) is 12.2 Å². The van der Waals surface area contributed by atoms with Gasteiger partial charge in [-0.1, -0.05) is 73.9 Å². The third-order valence-corrected chi connectivity index (χ3v) is 9.45. The van der Waals surface area contributed by atoms with Crippen LogP contribution in [0.25, 0.3) is 21.5 Å². The minimum Gasteiger partial charge on any atom is -1.00 e. The Morgan fingerprint density at radius 3 is 1.55 bits per heavy atom. The number of hydrogen-bond donors (Lipinski definition) is 0. The summed E-state index contributed by atoms with van der Waals surface area (Å²) in [6.45, 7) is 4.39. The van der Waals surface area contributed by atoms with E-state index >= 15 is 0 Å². The number of rotatable bonds is 4. The van der Waals surface area contributed by atoms with E-state index in [-0.39, 0.29) is 24.8 Å². The van der Waals surface area contributed by atoms with Crippen LogP contribution in [0, 0.1) is 6.08 Å². The number of hydrogen-bond acceptors (Lipinski definition) is 0. The van der Waals surface area contributed by atoms with Crippen molar-refractivity contribution in [1.82, 2.24) is 0 Å². The van der Waals surface area contributed by atoms with E-state index < -0.39 is 0 Å². The van der Waals surface area contributed by atoms with Crippen LogP contribution >= 0.6 is 0 Å². The SMILES string of the molecule is CC[C](=[Ti+2])CC.[C-]1=CC=CC1.[Cl-].[Cl-].c1cc2c(cc1C1CCCCC1)[cH-]c1cc(C3CCCCC3)ccc12. The third kappa shape index (κ3) is 9.26. The zero-order valence-corrected chi connectivity index (χ0v) is 26.4. The molecule has 0 nitrogen and oxygen atoms in total. The predicted octanol–water partition coefficient (Wildman–Crippen LogP) is 4.65. The molecule has 3 aliphatic carbocycles. The zero-order valence-electron chi connectivity index (χ0n) is 23.4. The molecule has 0 heterocycles. The molecular weight excluding hydrogens is 539 g/mol. The average molecular weight is 584 g/mol. The molecule has 0 N–H and O–H groups in total. The Kier molecular flexibility index (Phi) is 15.4. The van der Waals surface area contributed by atoms with Crippen molar-refractivity contribution in [2.45, 2.75) is 109 Å². The van der Waals surface area contributed by atoms with E-state index in [0.717, 1.165) is 18.3 Å². The monoisotopic (exact) mass is 582 g/mol. The van der Waals surface area contributed by atoms with E-state index in [4.69, 9.17) is 0 Å². The number of allylic oxidation sites excluding steroid dienone is 4. The molecular formula is C35H44Cl2Ti-2. The van der Waals surface area contributed by atoms with Gasteiger partial charge in [-0.25, -0.2) is 12.2 Å². The summed E-state index contributed by atoms with van der Waals surface area (Å²) in [7, 11) is 0. The van der Waals surface area contributed by atoms with Gasteiger partial charge in [-0.2, -0.15) is 6.08 Å². The van der Waals surface area contributed by atoms with Gasteiger partial charge in [0.15, 0.2) is 0 Å². The first-order valence-electron chi connectivity index (χ1n) is 14.6. The van der Waals surface area contributed by atoms with Gasteiger partial charge >= 0.3 is 50.5 Å². The summed E-state index contributed by atoms with van der Waals surface area (Å²) < 4.78 is 1.59. The van der Waals surface area contributed by atoms with Crippen molar-refractivity contribution in [1.29, 1.82) is 0 Å². The van der Waals surface area contributed by atoms with E-state index in [1.54, 1.807) is 14.9 Å². The molecule has 3 aromatic rings. The molecule has 2 saturated carbocycles. The van der Waals surface area contributed by atoms with Crippen LogP contribution in [0.1, 0.15) is 120 Å². The molecule has 0 radical (unpaired) electrons. The summed E-state index contributed by atoms with van der Waals surface area (Å²) >= 11 is 2.19. The van der Waals surface area contributed by atoms with Crippen LogP contribution in [0.15, 0.2) is 60.7 Å². The van der Waals surface area contributed by atoms with Crippen LogP contribution in [0.2, 0.25) is 0 Å². The van der Waals surface area contributed by atoms with E-state index in [9.17, 15) is 0 Å². The quantitative estimate of drug-likeness (QED) is 0.310. The molecule has 0 amide bonds. The second-order valence-corrected chi connectivity index (χ2v) is 11.9. The molecule has 3 aromatic carbocycles. The fraction of sp³-hybridized carbons (Fsp3) is 0.486. The van der Waals surface area contributed by atoms with Crippen LogP contribution in [0.3, 0.4) is 0 Å². The molecule has 2 fully saturated rings. The summed E-state index contributed by atoms with van der Waals surface area (Å²) in [4.78, 5) is 0. The molecule has 0 spiro atoms. The molecule has 38 heavy (non-hydrogen) atoms. The van der Waals surface area contributed by atoms with Gasteiger partial charge in [-0.3, -0.25) is 6.08 Å². The summed E-state index contributed by atoms with van der Waals surface area (Å²) in [5, 5.41) is 5.81. The Morgan fingerprint density at radius 2 is 1.24 bits per heavy atom. The topological polar surface area (TPSA) is 0 Å². The maximum atomic E-state index is 2.99.